The minimum absolute atomic E-state index is 0.153. The summed E-state index contributed by atoms with van der Waals surface area (Å²) in [5.41, 5.74) is 2.07. The monoisotopic (exact) mass is 414 g/mol. The number of aliphatic carboxylic acids is 1. The number of carboxylic acid groups (broad SMARTS) is 1. The second-order valence-corrected chi connectivity index (χ2v) is 5.95. The van der Waals surface area contributed by atoms with Gasteiger partial charge in [0, 0.05) is 0 Å². The van der Waals surface area contributed by atoms with Crippen molar-refractivity contribution in [1.29, 1.82) is 0 Å². The molecule has 0 spiro atoms. The Kier molecular flexibility index (Phi) is 7.00. The van der Waals surface area contributed by atoms with E-state index in [4.69, 9.17) is 21.4 Å². The molecule has 0 aliphatic rings. The van der Waals surface area contributed by atoms with Crippen molar-refractivity contribution in [2.75, 3.05) is 6.61 Å². The van der Waals surface area contributed by atoms with Crippen molar-refractivity contribution in [2.24, 2.45) is 5.10 Å². The second-order valence-electron chi connectivity index (χ2n) is 5.54. The van der Waals surface area contributed by atoms with E-state index in [1.807, 2.05) is 0 Å². The molecule has 0 saturated carbocycles. The molecule has 1 amide bonds. The second kappa shape index (κ2) is 9.23. The lowest BCUT2D eigenvalue weighted by Gasteiger charge is -2.08. The van der Waals surface area contributed by atoms with Crippen molar-refractivity contribution in [3.8, 4) is 5.75 Å². The summed E-state index contributed by atoms with van der Waals surface area (Å²) in [7, 11) is 0. The van der Waals surface area contributed by atoms with Crippen LogP contribution in [0.4, 0.5) is 13.2 Å². The van der Waals surface area contributed by atoms with E-state index in [-0.39, 0.29) is 22.8 Å². The van der Waals surface area contributed by atoms with Crippen LogP contribution in [0.3, 0.4) is 0 Å². The minimum atomic E-state index is -4.48. The molecule has 10 heteroatoms. The number of nitrogens with one attached hydrogen (secondary N) is 1. The zero-order valence-corrected chi connectivity index (χ0v) is 14.9. The number of ether oxygens (including phenoxy) is 1. The standard InChI is InChI=1S/C18H14ClF3N2O4/c19-14-7-12(4-5-15(14)28-10-17(26)27)9-23-24-16(25)8-11-2-1-3-13(6-11)18(20,21)22/h1-7,9H,8,10H2,(H,24,25)(H,26,27)/b23-9+. The molecule has 2 aromatic rings. The molecule has 0 radical (unpaired) electrons. The zero-order chi connectivity index (χ0) is 20.7. The molecule has 148 valence electrons. The maximum Gasteiger partial charge on any atom is 0.416 e. The van der Waals surface area contributed by atoms with Gasteiger partial charge in [0.05, 0.1) is 23.2 Å². The number of carboxylic acids is 1. The molecule has 2 N–H and O–H groups in total. The van der Waals surface area contributed by atoms with Crippen molar-refractivity contribution in [3.05, 3.63) is 64.2 Å². The maximum absolute atomic E-state index is 12.7. The summed E-state index contributed by atoms with van der Waals surface area (Å²) >= 11 is 5.95. The third-order valence-electron chi connectivity index (χ3n) is 3.33. The van der Waals surface area contributed by atoms with Crippen LogP contribution < -0.4 is 10.2 Å². The van der Waals surface area contributed by atoms with Gasteiger partial charge in [-0.3, -0.25) is 4.79 Å². The number of hydrazone groups is 1. The van der Waals surface area contributed by atoms with E-state index in [1.165, 1.54) is 36.5 Å². The first-order valence-electron chi connectivity index (χ1n) is 7.77. The average Bonchev–Trinajstić information content (AvgIpc) is 2.60. The first kappa shape index (κ1) is 21.2. The number of amides is 1. The number of hydrogen-bond donors (Lipinski definition) is 2. The SMILES string of the molecule is O=C(O)COc1ccc(/C=N/NC(=O)Cc2cccc(C(F)(F)F)c2)cc1Cl. The molecule has 0 atom stereocenters. The van der Waals surface area contributed by atoms with Gasteiger partial charge in [-0.1, -0.05) is 29.8 Å². The average molecular weight is 415 g/mol. The number of carbonyl (C=O) groups is 2. The topological polar surface area (TPSA) is 88.0 Å². The fraction of sp³-hybridized carbons (Fsp3) is 0.167. The minimum Gasteiger partial charge on any atom is -0.480 e. The highest BCUT2D eigenvalue weighted by atomic mass is 35.5. The molecule has 6 nitrogen and oxygen atoms in total. The van der Waals surface area contributed by atoms with Crippen LogP contribution in [0.25, 0.3) is 0 Å². The summed E-state index contributed by atoms with van der Waals surface area (Å²) in [5.74, 6) is -1.57. The Morgan fingerprint density at radius 3 is 2.61 bits per heavy atom. The highest BCUT2D eigenvalue weighted by Crippen LogP contribution is 2.29. The number of benzene rings is 2. The summed E-state index contributed by atoms with van der Waals surface area (Å²) in [6, 6.07) is 8.88. The highest BCUT2D eigenvalue weighted by Gasteiger charge is 2.30. The van der Waals surface area contributed by atoms with Crippen LogP contribution in [0.2, 0.25) is 5.02 Å². The number of rotatable bonds is 7. The first-order chi connectivity index (χ1) is 13.1. The molecule has 2 rings (SSSR count). The summed E-state index contributed by atoms with van der Waals surface area (Å²) in [6.45, 7) is -0.543. The van der Waals surface area contributed by atoms with Gasteiger partial charge >= 0.3 is 12.1 Å². The highest BCUT2D eigenvalue weighted by molar-refractivity contribution is 6.32. The van der Waals surface area contributed by atoms with Crippen LogP contribution in [0.1, 0.15) is 16.7 Å². The zero-order valence-electron chi connectivity index (χ0n) is 14.2. The molecule has 0 unspecified atom stereocenters. The molecule has 0 aliphatic carbocycles. The molecular weight excluding hydrogens is 401 g/mol. The number of nitrogens with zero attached hydrogens (tertiary/aromatic N) is 1. The fourth-order valence-corrected chi connectivity index (χ4v) is 2.36. The van der Waals surface area contributed by atoms with Crippen molar-refractivity contribution in [2.45, 2.75) is 12.6 Å². The van der Waals surface area contributed by atoms with Gasteiger partial charge in [-0.05, 0) is 35.4 Å². The van der Waals surface area contributed by atoms with E-state index >= 15 is 0 Å². The molecular formula is C18H14ClF3N2O4. The number of hydrogen-bond acceptors (Lipinski definition) is 4. The van der Waals surface area contributed by atoms with Crippen LogP contribution in [0.15, 0.2) is 47.6 Å². The van der Waals surface area contributed by atoms with Gasteiger partial charge in [0.15, 0.2) is 6.61 Å². The number of halogens is 4. The lowest BCUT2D eigenvalue weighted by molar-refractivity contribution is -0.139. The maximum atomic E-state index is 12.7. The lowest BCUT2D eigenvalue weighted by Crippen LogP contribution is -2.20. The number of alkyl halides is 3. The predicted octanol–water partition coefficient (Wildman–Crippen LogP) is 3.52. The van der Waals surface area contributed by atoms with Crippen LogP contribution >= 0.6 is 11.6 Å². The van der Waals surface area contributed by atoms with Crippen molar-refractivity contribution >= 4 is 29.7 Å². The van der Waals surface area contributed by atoms with Gasteiger partial charge in [0.25, 0.3) is 0 Å². The van der Waals surface area contributed by atoms with Crippen molar-refractivity contribution in [3.63, 3.8) is 0 Å². The van der Waals surface area contributed by atoms with E-state index in [0.717, 1.165) is 12.1 Å². The van der Waals surface area contributed by atoms with Crippen molar-refractivity contribution in [1.82, 2.24) is 5.43 Å². The lowest BCUT2D eigenvalue weighted by atomic mass is 10.1. The van der Waals surface area contributed by atoms with Crippen LogP contribution in [0.5, 0.6) is 5.75 Å². The van der Waals surface area contributed by atoms with E-state index in [1.54, 1.807) is 0 Å². The largest absolute Gasteiger partial charge is 0.480 e. The molecule has 0 fully saturated rings. The van der Waals surface area contributed by atoms with E-state index in [0.29, 0.717) is 5.56 Å². The molecule has 0 aliphatic heterocycles. The molecule has 0 heterocycles. The molecule has 0 aromatic heterocycles. The van der Waals surface area contributed by atoms with Gasteiger partial charge in [0.1, 0.15) is 5.75 Å². The Bertz CT molecular complexity index is 901. The van der Waals surface area contributed by atoms with E-state index in [9.17, 15) is 22.8 Å². The number of carbonyl (C=O) groups excluding carboxylic acids is 1. The Morgan fingerprint density at radius 1 is 1.21 bits per heavy atom. The quantitative estimate of drug-likeness (QED) is 0.536. The summed E-state index contributed by atoms with van der Waals surface area (Å²) < 4.78 is 43.0. The molecule has 2 aromatic carbocycles. The van der Waals surface area contributed by atoms with Gasteiger partial charge in [-0.15, -0.1) is 0 Å². The van der Waals surface area contributed by atoms with E-state index in [2.05, 4.69) is 10.5 Å². The summed E-state index contributed by atoms with van der Waals surface area (Å²) in [5, 5.41) is 12.4. The Hall–Kier alpha value is -3.07. The predicted molar refractivity (Wildman–Crippen MR) is 95.5 cm³/mol. The van der Waals surface area contributed by atoms with Gasteiger partial charge in [-0.2, -0.15) is 18.3 Å². The van der Waals surface area contributed by atoms with Crippen molar-refractivity contribution < 1.29 is 32.6 Å². The van der Waals surface area contributed by atoms with Crippen LogP contribution in [-0.2, 0) is 22.2 Å². The van der Waals surface area contributed by atoms with Gasteiger partial charge in [0.2, 0.25) is 5.91 Å². The Labute approximate surface area is 162 Å². The van der Waals surface area contributed by atoms with Gasteiger partial charge in [-0.25, -0.2) is 10.2 Å². The molecule has 0 bridgehead atoms. The summed E-state index contributed by atoms with van der Waals surface area (Å²) in [6.07, 6.45) is -3.48. The van der Waals surface area contributed by atoms with Crippen LogP contribution in [0, 0.1) is 0 Å². The third kappa shape index (κ3) is 6.58. The smallest absolute Gasteiger partial charge is 0.416 e. The molecule has 0 saturated heterocycles. The Morgan fingerprint density at radius 2 is 1.96 bits per heavy atom. The summed E-state index contributed by atoms with van der Waals surface area (Å²) in [4.78, 5) is 22.3. The molecule has 28 heavy (non-hydrogen) atoms. The van der Waals surface area contributed by atoms with E-state index < -0.39 is 30.2 Å². The Balaban J connectivity index is 1.93. The first-order valence-corrected chi connectivity index (χ1v) is 8.15. The van der Waals surface area contributed by atoms with Gasteiger partial charge < -0.3 is 9.84 Å². The normalized spacial score (nSPS) is 11.4. The van der Waals surface area contributed by atoms with Crippen LogP contribution in [-0.4, -0.2) is 29.8 Å². The third-order valence-corrected chi connectivity index (χ3v) is 3.62. The fourth-order valence-electron chi connectivity index (χ4n) is 2.12.